The van der Waals surface area contributed by atoms with Crippen LogP contribution in [-0.2, 0) is 17.6 Å². The molecular weight excluding hydrogens is 320 g/mol. The Morgan fingerprint density at radius 2 is 2.04 bits per heavy atom. The van der Waals surface area contributed by atoms with Gasteiger partial charge in [0.25, 0.3) is 5.69 Å². The Balaban J connectivity index is 1.85. The largest absolute Gasteiger partial charge is 0.394 e. The van der Waals surface area contributed by atoms with Crippen LogP contribution in [0.1, 0.15) is 28.3 Å². The van der Waals surface area contributed by atoms with Crippen molar-refractivity contribution in [3.8, 4) is 0 Å². The monoisotopic (exact) mass is 340 g/mol. The van der Waals surface area contributed by atoms with Crippen LogP contribution in [0.5, 0.6) is 0 Å². The third kappa shape index (κ3) is 3.25. The number of nitro benzene ring substituents is 1. The number of carbonyl (C=O) groups excluding carboxylic acids is 1. The van der Waals surface area contributed by atoms with E-state index in [1.165, 1.54) is 6.07 Å². The van der Waals surface area contributed by atoms with Crippen LogP contribution >= 0.6 is 0 Å². The zero-order valence-electron chi connectivity index (χ0n) is 14.0. The SMILES string of the molecule is Cc1c(CC(=O)N2CCc3ccccc3[C@@H]2CO)cccc1[N+](=O)[O-]. The highest BCUT2D eigenvalue weighted by Gasteiger charge is 2.30. The highest BCUT2D eigenvalue weighted by molar-refractivity contribution is 5.80. The molecule has 0 saturated heterocycles. The van der Waals surface area contributed by atoms with Crippen LogP contribution in [0.3, 0.4) is 0 Å². The molecule has 1 N–H and O–H groups in total. The Morgan fingerprint density at radius 1 is 1.28 bits per heavy atom. The fourth-order valence-electron chi connectivity index (χ4n) is 3.47. The topological polar surface area (TPSA) is 83.7 Å². The Labute approximate surface area is 145 Å². The zero-order valence-corrected chi connectivity index (χ0v) is 14.0. The molecule has 2 aromatic rings. The van der Waals surface area contributed by atoms with E-state index in [2.05, 4.69) is 0 Å². The minimum atomic E-state index is -0.434. The van der Waals surface area contributed by atoms with Crippen LogP contribution in [0.4, 0.5) is 5.69 Å². The number of amides is 1. The average Bonchev–Trinajstić information content (AvgIpc) is 2.62. The van der Waals surface area contributed by atoms with Gasteiger partial charge in [0, 0.05) is 18.2 Å². The maximum absolute atomic E-state index is 12.8. The van der Waals surface area contributed by atoms with E-state index in [9.17, 15) is 20.0 Å². The average molecular weight is 340 g/mol. The molecule has 0 saturated carbocycles. The maximum atomic E-state index is 12.8. The lowest BCUT2D eigenvalue weighted by Crippen LogP contribution is -2.42. The number of nitrogens with zero attached hydrogens (tertiary/aromatic N) is 2. The summed E-state index contributed by atoms with van der Waals surface area (Å²) in [5.74, 6) is -0.128. The number of carbonyl (C=O) groups is 1. The minimum Gasteiger partial charge on any atom is -0.394 e. The predicted molar refractivity (Wildman–Crippen MR) is 93.2 cm³/mol. The standard InChI is InChI=1S/C19H20N2O4/c1-13-15(6-4-8-17(13)21(24)25)11-19(23)20-10-9-14-5-2-3-7-16(14)18(20)12-22/h2-8,18,22H,9-12H2,1H3/t18-/m0/s1. The van der Waals surface area contributed by atoms with Crippen molar-refractivity contribution in [2.75, 3.05) is 13.2 Å². The molecule has 1 heterocycles. The van der Waals surface area contributed by atoms with E-state index in [0.29, 0.717) is 17.7 Å². The van der Waals surface area contributed by atoms with E-state index < -0.39 is 4.92 Å². The van der Waals surface area contributed by atoms with Crippen LogP contribution in [0.25, 0.3) is 0 Å². The lowest BCUT2D eigenvalue weighted by Gasteiger charge is -2.36. The molecule has 0 aromatic heterocycles. The molecule has 0 radical (unpaired) electrons. The summed E-state index contributed by atoms with van der Waals surface area (Å²) in [6.45, 7) is 2.06. The molecule has 3 rings (SSSR count). The summed E-state index contributed by atoms with van der Waals surface area (Å²) in [7, 11) is 0. The molecule has 1 aliphatic rings. The van der Waals surface area contributed by atoms with Crippen molar-refractivity contribution in [3.05, 3.63) is 74.8 Å². The molecule has 0 bridgehead atoms. The third-order valence-electron chi connectivity index (χ3n) is 4.86. The van der Waals surface area contributed by atoms with Crippen LogP contribution in [0.15, 0.2) is 42.5 Å². The summed E-state index contributed by atoms with van der Waals surface area (Å²) in [6.07, 6.45) is 0.832. The minimum absolute atomic E-state index is 0.0213. The summed E-state index contributed by atoms with van der Waals surface area (Å²) in [4.78, 5) is 25.1. The number of fused-ring (bicyclic) bond motifs is 1. The summed E-state index contributed by atoms with van der Waals surface area (Å²) in [5.41, 5.74) is 3.30. The molecule has 25 heavy (non-hydrogen) atoms. The summed E-state index contributed by atoms with van der Waals surface area (Å²) < 4.78 is 0. The van der Waals surface area contributed by atoms with E-state index in [-0.39, 0.29) is 30.7 Å². The van der Waals surface area contributed by atoms with Gasteiger partial charge in [0.2, 0.25) is 5.91 Å². The highest BCUT2D eigenvalue weighted by Crippen LogP contribution is 2.30. The molecule has 0 fully saturated rings. The molecule has 0 unspecified atom stereocenters. The number of hydrogen-bond donors (Lipinski definition) is 1. The summed E-state index contributed by atoms with van der Waals surface area (Å²) in [5, 5.41) is 20.9. The summed E-state index contributed by atoms with van der Waals surface area (Å²) >= 11 is 0. The van der Waals surface area contributed by atoms with Gasteiger partial charge >= 0.3 is 0 Å². The second-order valence-corrected chi connectivity index (χ2v) is 6.23. The second kappa shape index (κ2) is 7.03. The first-order valence-corrected chi connectivity index (χ1v) is 8.24. The van der Waals surface area contributed by atoms with E-state index in [1.807, 2.05) is 24.3 Å². The molecule has 1 amide bonds. The molecular formula is C19H20N2O4. The lowest BCUT2D eigenvalue weighted by atomic mass is 9.92. The van der Waals surface area contributed by atoms with Crippen molar-refractivity contribution < 1.29 is 14.8 Å². The Kier molecular flexibility index (Phi) is 4.81. The first-order valence-electron chi connectivity index (χ1n) is 8.24. The second-order valence-electron chi connectivity index (χ2n) is 6.23. The van der Waals surface area contributed by atoms with Gasteiger partial charge in [-0.3, -0.25) is 14.9 Å². The molecule has 6 nitrogen and oxygen atoms in total. The van der Waals surface area contributed by atoms with Crippen LogP contribution < -0.4 is 0 Å². The normalized spacial score (nSPS) is 16.4. The third-order valence-corrected chi connectivity index (χ3v) is 4.86. The number of rotatable bonds is 4. The quantitative estimate of drug-likeness (QED) is 0.685. The number of hydrogen-bond acceptors (Lipinski definition) is 4. The first kappa shape index (κ1) is 17.1. The van der Waals surface area contributed by atoms with E-state index >= 15 is 0 Å². The van der Waals surface area contributed by atoms with Crippen molar-refractivity contribution >= 4 is 11.6 Å². The van der Waals surface area contributed by atoms with Crippen molar-refractivity contribution in [1.29, 1.82) is 0 Å². The van der Waals surface area contributed by atoms with Gasteiger partial charge in [-0.25, -0.2) is 0 Å². The van der Waals surface area contributed by atoms with Crippen molar-refractivity contribution in [2.45, 2.75) is 25.8 Å². The van der Waals surface area contributed by atoms with Gasteiger partial charge in [-0.2, -0.15) is 0 Å². The molecule has 6 heteroatoms. The van der Waals surface area contributed by atoms with Crippen LogP contribution in [-0.4, -0.2) is 34.0 Å². The zero-order chi connectivity index (χ0) is 18.0. The fraction of sp³-hybridized carbons (Fsp3) is 0.316. The van der Waals surface area contributed by atoms with Gasteiger partial charge in [0.05, 0.1) is 24.0 Å². The van der Waals surface area contributed by atoms with Crippen LogP contribution in [0, 0.1) is 17.0 Å². The number of benzene rings is 2. The molecule has 0 spiro atoms. The fourth-order valence-corrected chi connectivity index (χ4v) is 3.47. The Hall–Kier alpha value is -2.73. The maximum Gasteiger partial charge on any atom is 0.272 e. The number of aliphatic hydroxyl groups excluding tert-OH is 1. The van der Waals surface area contributed by atoms with E-state index in [1.54, 1.807) is 24.0 Å². The molecule has 2 aromatic carbocycles. The predicted octanol–water partition coefficient (Wildman–Crippen LogP) is 2.56. The Bertz CT molecular complexity index is 819. The van der Waals surface area contributed by atoms with Gasteiger partial charge in [-0.05, 0) is 30.0 Å². The first-order chi connectivity index (χ1) is 12.0. The highest BCUT2D eigenvalue weighted by atomic mass is 16.6. The Morgan fingerprint density at radius 3 is 2.76 bits per heavy atom. The van der Waals surface area contributed by atoms with Crippen LogP contribution in [0.2, 0.25) is 0 Å². The van der Waals surface area contributed by atoms with Crippen molar-refractivity contribution in [1.82, 2.24) is 4.90 Å². The molecule has 0 aliphatic carbocycles. The number of aliphatic hydroxyl groups is 1. The van der Waals surface area contributed by atoms with Gasteiger partial charge < -0.3 is 10.0 Å². The van der Waals surface area contributed by atoms with Crippen molar-refractivity contribution in [3.63, 3.8) is 0 Å². The van der Waals surface area contributed by atoms with E-state index in [4.69, 9.17) is 0 Å². The van der Waals surface area contributed by atoms with Crippen molar-refractivity contribution in [2.24, 2.45) is 0 Å². The molecule has 1 aliphatic heterocycles. The van der Waals surface area contributed by atoms with Gasteiger partial charge in [0.15, 0.2) is 0 Å². The van der Waals surface area contributed by atoms with Gasteiger partial charge in [0.1, 0.15) is 0 Å². The van der Waals surface area contributed by atoms with E-state index in [0.717, 1.165) is 17.5 Å². The lowest BCUT2D eigenvalue weighted by molar-refractivity contribution is -0.385. The van der Waals surface area contributed by atoms with Gasteiger partial charge in [-0.1, -0.05) is 36.4 Å². The number of nitro groups is 1. The molecule has 130 valence electrons. The smallest absolute Gasteiger partial charge is 0.272 e. The van der Waals surface area contributed by atoms with Gasteiger partial charge in [-0.15, -0.1) is 0 Å². The molecule has 1 atom stereocenters. The summed E-state index contributed by atoms with van der Waals surface area (Å²) in [6, 6.07) is 12.2.